The summed E-state index contributed by atoms with van der Waals surface area (Å²) >= 11 is 0. The smallest absolute Gasteiger partial charge is 0.242 e. The zero-order valence-electron chi connectivity index (χ0n) is 9.23. The number of hydrogen-bond donors (Lipinski definition) is 2. The van der Waals surface area contributed by atoms with Gasteiger partial charge in [0.25, 0.3) is 0 Å². The SMILES string of the molecule is NC(=O)C1COCCN1c1cc(N)cc(F)c1. The van der Waals surface area contributed by atoms with E-state index in [1.807, 2.05) is 0 Å². The number of nitrogens with two attached hydrogens (primary N) is 2. The number of amides is 1. The van der Waals surface area contributed by atoms with Gasteiger partial charge in [-0.1, -0.05) is 0 Å². The van der Waals surface area contributed by atoms with Crippen molar-refractivity contribution in [1.82, 2.24) is 0 Å². The Kier molecular flexibility index (Phi) is 3.14. The second kappa shape index (κ2) is 4.58. The molecular formula is C11H14FN3O2. The summed E-state index contributed by atoms with van der Waals surface area (Å²) in [5.41, 5.74) is 11.7. The Morgan fingerprint density at radius 3 is 2.88 bits per heavy atom. The molecule has 1 heterocycles. The third kappa shape index (κ3) is 2.47. The summed E-state index contributed by atoms with van der Waals surface area (Å²) in [6.45, 7) is 1.17. The molecule has 1 amide bonds. The summed E-state index contributed by atoms with van der Waals surface area (Å²) in [7, 11) is 0. The summed E-state index contributed by atoms with van der Waals surface area (Å²) in [4.78, 5) is 13.0. The number of morpholine rings is 1. The Morgan fingerprint density at radius 2 is 2.24 bits per heavy atom. The highest BCUT2D eigenvalue weighted by Gasteiger charge is 2.28. The maximum absolute atomic E-state index is 13.3. The van der Waals surface area contributed by atoms with Gasteiger partial charge < -0.3 is 21.1 Å². The predicted octanol–water partition coefficient (Wildman–Crippen LogP) is 0.0984. The number of halogens is 1. The van der Waals surface area contributed by atoms with Crippen molar-refractivity contribution in [2.24, 2.45) is 5.73 Å². The van der Waals surface area contributed by atoms with E-state index >= 15 is 0 Å². The van der Waals surface area contributed by atoms with Crippen molar-refractivity contribution in [1.29, 1.82) is 0 Å². The van der Waals surface area contributed by atoms with E-state index in [4.69, 9.17) is 16.2 Å². The molecular weight excluding hydrogens is 225 g/mol. The van der Waals surface area contributed by atoms with E-state index in [0.717, 1.165) is 0 Å². The highest BCUT2D eigenvalue weighted by atomic mass is 19.1. The fourth-order valence-electron chi connectivity index (χ4n) is 1.91. The molecule has 1 unspecified atom stereocenters. The largest absolute Gasteiger partial charge is 0.399 e. The Labute approximate surface area is 98.1 Å². The molecule has 1 fully saturated rings. The molecule has 0 radical (unpaired) electrons. The zero-order chi connectivity index (χ0) is 12.4. The molecule has 1 aliphatic rings. The predicted molar refractivity (Wildman–Crippen MR) is 62.0 cm³/mol. The molecule has 92 valence electrons. The van der Waals surface area contributed by atoms with Crippen LogP contribution in [0.4, 0.5) is 15.8 Å². The average Bonchev–Trinajstić information content (AvgIpc) is 2.27. The summed E-state index contributed by atoms with van der Waals surface area (Å²) in [5, 5.41) is 0. The lowest BCUT2D eigenvalue weighted by atomic mass is 10.1. The minimum Gasteiger partial charge on any atom is -0.399 e. The van der Waals surface area contributed by atoms with Crippen molar-refractivity contribution >= 4 is 17.3 Å². The van der Waals surface area contributed by atoms with E-state index in [1.54, 1.807) is 11.0 Å². The molecule has 6 heteroatoms. The average molecular weight is 239 g/mol. The molecule has 0 bridgehead atoms. The quantitative estimate of drug-likeness (QED) is 0.717. The monoisotopic (exact) mass is 239 g/mol. The number of carbonyl (C=O) groups excluding carboxylic acids is 1. The topological polar surface area (TPSA) is 81.6 Å². The third-order valence-electron chi connectivity index (χ3n) is 2.69. The highest BCUT2D eigenvalue weighted by Crippen LogP contribution is 2.23. The van der Waals surface area contributed by atoms with Crippen molar-refractivity contribution in [3.8, 4) is 0 Å². The van der Waals surface area contributed by atoms with E-state index in [1.165, 1.54) is 12.1 Å². The number of rotatable bonds is 2. The number of carbonyl (C=O) groups is 1. The van der Waals surface area contributed by atoms with Crippen LogP contribution in [0.3, 0.4) is 0 Å². The second-order valence-corrected chi connectivity index (χ2v) is 3.93. The maximum atomic E-state index is 13.3. The van der Waals surface area contributed by atoms with Gasteiger partial charge >= 0.3 is 0 Å². The van der Waals surface area contributed by atoms with Crippen molar-refractivity contribution in [2.75, 3.05) is 30.4 Å². The first-order valence-electron chi connectivity index (χ1n) is 5.27. The molecule has 0 aliphatic carbocycles. The van der Waals surface area contributed by atoms with Crippen LogP contribution in [-0.4, -0.2) is 31.7 Å². The van der Waals surface area contributed by atoms with Crippen molar-refractivity contribution in [2.45, 2.75) is 6.04 Å². The van der Waals surface area contributed by atoms with Crippen LogP contribution < -0.4 is 16.4 Å². The Bertz CT molecular complexity index is 418. The minimum atomic E-state index is -0.579. The van der Waals surface area contributed by atoms with E-state index in [9.17, 15) is 9.18 Å². The molecule has 1 aromatic carbocycles. The molecule has 17 heavy (non-hydrogen) atoms. The van der Waals surface area contributed by atoms with Gasteiger partial charge in [-0.05, 0) is 18.2 Å². The normalized spacial score (nSPS) is 20.3. The lowest BCUT2D eigenvalue weighted by Gasteiger charge is -2.35. The first-order chi connectivity index (χ1) is 8.08. The fourth-order valence-corrected chi connectivity index (χ4v) is 1.91. The van der Waals surface area contributed by atoms with Gasteiger partial charge in [0.2, 0.25) is 5.91 Å². The molecule has 4 N–H and O–H groups in total. The van der Waals surface area contributed by atoms with Crippen LogP contribution >= 0.6 is 0 Å². The van der Waals surface area contributed by atoms with E-state index in [-0.39, 0.29) is 6.61 Å². The number of primary amides is 1. The Morgan fingerprint density at radius 1 is 1.47 bits per heavy atom. The number of benzene rings is 1. The molecule has 5 nitrogen and oxygen atoms in total. The lowest BCUT2D eigenvalue weighted by molar-refractivity contribution is -0.121. The van der Waals surface area contributed by atoms with Gasteiger partial charge in [-0.2, -0.15) is 0 Å². The number of nitrogen functional groups attached to an aromatic ring is 1. The van der Waals surface area contributed by atoms with Gasteiger partial charge in [0.05, 0.1) is 13.2 Å². The van der Waals surface area contributed by atoms with Crippen molar-refractivity contribution in [3.63, 3.8) is 0 Å². The number of anilines is 2. The lowest BCUT2D eigenvalue weighted by Crippen LogP contribution is -2.52. The van der Waals surface area contributed by atoms with E-state index in [0.29, 0.717) is 24.5 Å². The molecule has 0 spiro atoms. The van der Waals surface area contributed by atoms with Crippen LogP contribution in [0, 0.1) is 5.82 Å². The first-order valence-corrected chi connectivity index (χ1v) is 5.27. The number of nitrogens with zero attached hydrogens (tertiary/aromatic N) is 1. The summed E-state index contributed by atoms with van der Waals surface area (Å²) < 4.78 is 18.4. The fraction of sp³-hybridized carbons (Fsp3) is 0.364. The van der Waals surface area contributed by atoms with Crippen LogP contribution in [0.25, 0.3) is 0 Å². The van der Waals surface area contributed by atoms with E-state index < -0.39 is 17.8 Å². The van der Waals surface area contributed by atoms with Gasteiger partial charge in [-0.25, -0.2) is 4.39 Å². The third-order valence-corrected chi connectivity index (χ3v) is 2.69. The van der Waals surface area contributed by atoms with Gasteiger partial charge in [0, 0.05) is 17.9 Å². The molecule has 1 saturated heterocycles. The first kappa shape index (κ1) is 11.7. The van der Waals surface area contributed by atoms with Gasteiger partial charge in [0.15, 0.2) is 0 Å². The standard InChI is InChI=1S/C11H14FN3O2/c12-7-3-8(13)5-9(4-7)15-1-2-17-6-10(15)11(14)16/h3-5,10H,1-2,6,13H2,(H2,14,16). The molecule has 2 rings (SSSR count). The summed E-state index contributed by atoms with van der Waals surface area (Å²) in [5.74, 6) is -0.928. The number of hydrogen-bond acceptors (Lipinski definition) is 4. The van der Waals surface area contributed by atoms with Crippen LogP contribution in [0.1, 0.15) is 0 Å². The molecule has 1 atom stereocenters. The van der Waals surface area contributed by atoms with Crippen LogP contribution in [0.2, 0.25) is 0 Å². The molecule has 1 aromatic rings. The molecule has 0 aromatic heterocycles. The summed E-state index contributed by atoms with van der Waals surface area (Å²) in [6, 6.07) is 3.59. The molecule has 0 saturated carbocycles. The molecule has 1 aliphatic heterocycles. The van der Waals surface area contributed by atoms with Gasteiger partial charge in [-0.15, -0.1) is 0 Å². The van der Waals surface area contributed by atoms with Crippen molar-refractivity contribution in [3.05, 3.63) is 24.0 Å². The minimum absolute atomic E-state index is 0.214. The van der Waals surface area contributed by atoms with E-state index in [2.05, 4.69) is 0 Å². The zero-order valence-corrected chi connectivity index (χ0v) is 9.23. The maximum Gasteiger partial charge on any atom is 0.242 e. The van der Waals surface area contributed by atoms with Gasteiger partial charge in [0.1, 0.15) is 11.9 Å². The Balaban J connectivity index is 2.32. The summed E-state index contributed by atoms with van der Waals surface area (Å²) in [6.07, 6.45) is 0. The Hall–Kier alpha value is -1.82. The second-order valence-electron chi connectivity index (χ2n) is 3.93. The van der Waals surface area contributed by atoms with Crippen LogP contribution in [0.15, 0.2) is 18.2 Å². The number of ether oxygens (including phenoxy) is 1. The van der Waals surface area contributed by atoms with Crippen LogP contribution in [-0.2, 0) is 9.53 Å². The van der Waals surface area contributed by atoms with Crippen molar-refractivity contribution < 1.29 is 13.9 Å². The highest BCUT2D eigenvalue weighted by molar-refractivity contribution is 5.84. The van der Waals surface area contributed by atoms with Gasteiger partial charge in [-0.3, -0.25) is 4.79 Å². The van der Waals surface area contributed by atoms with Crippen LogP contribution in [0.5, 0.6) is 0 Å².